The molecular weight excluding hydrogens is 295 g/mol. The van der Waals surface area contributed by atoms with Crippen LogP contribution in [0.4, 0.5) is 14.9 Å². The molecule has 3 rings (SSSR count). The van der Waals surface area contributed by atoms with Crippen molar-refractivity contribution in [1.29, 1.82) is 0 Å². The first-order chi connectivity index (χ1) is 11.1. The second-order valence-electron chi connectivity index (χ2n) is 5.79. The number of rotatable bonds is 2. The second kappa shape index (κ2) is 6.38. The maximum absolute atomic E-state index is 13.5. The third kappa shape index (κ3) is 3.19. The molecule has 2 N–H and O–H groups in total. The van der Waals surface area contributed by atoms with Crippen LogP contribution in [0.2, 0.25) is 0 Å². The van der Waals surface area contributed by atoms with E-state index in [9.17, 15) is 14.3 Å². The molecule has 0 saturated heterocycles. The van der Waals surface area contributed by atoms with E-state index in [-0.39, 0.29) is 24.5 Å². The van der Waals surface area contributed by atoms with Crippen molar-refractivity contribution in [2.75, 3.05) is 18.5 Å². The minimum absolute atomic E-state index is 0.146. The van der Waals surface area contributed by atoms with E-state index in [4.69, 9.17) is 0 Å². The summed E-state index contributed by atoms with van der Waals surface area (Å²) in [5.74, 6) is -0.386. The molecule has 0 spiro atoms. The minimum atomic E-state index is -0.386. The van der Waals surface area contributed by atoms with Gasteiger partial charge in [-0.2, -0.15) is 0 Å². The van der Waals surface area contributed by atoms with Crippen LogP contribution >= 0.6 is 0 Å². The van der Waals surface area contributed by atoms with Crippen LogP contribution in [-0.2, 0) is 6.42 Å². The maximum Gasteiger partial charge on any atom is 0.322 e. The molecule has 1 atom stereocenters. The van der Waals surface area contributed by atoms with Crippen LogP contribution < -0.4 is 5.32 Å². The van der Waals surface area contributed by atoms with Crippen LogP contribution in [0.1, 0.15) is 22.7 Å². The largest absolute Gasteiger partial charge is 0.394 e. The fraction of sp³-hybridized carbons (Fsp3) is 0.278. The molecule has 0 radical (unpaired) electrons. The highest BCUT2D eigenvalue weighted by atomic mass is 19.1. The van der Waals surface area contributed by atoms with Gasteiger partial charge < -0.3 is 15.3 Å². The zero-order valence-corrected chi connectivity index (χ0v) is 12.9. The fourth-order valence-electron chi connectivity index (χ4n) is 3.10. The lowest BCUT2D eigenvalue weighted by Gasteiger charge is -2.36. The number of halogens is 1. The quantitative estimate of drug-likeness (QED) is 0.894. The maximum atomic E-state index is 13.5. The monoisotopic (exact) mass is 314 g/mol. The van der Waals surface area contributed by atoms with E-state index in [0.29, 0.717) is 12.2 Å². The molecule has 2 amide bonds. The van der Waals surface area contributed by atoms with Gasteiger partial charge in [0.1, 0.15) is 5.82 Å². The van der Waals surface area contributed by atoms with Crippen LogP contribution in [0.15, 0.2) is 42.5 Å². The Labute approximate surface area is 134 Å². The number of hydrogen-bond donors (Lipinski definition) is 2. The number of carbonyl (C=O) groups excluding carboxylic acids is 1. The highest BCUT2D eigenvalue weighted by Gasteiger charge is 2.30. The molecule has 120 valence electrons. The molecule has 1 aliphatic heterocycles. The van der Waals surface area contributed by atoms with Gasteiger partial charge in [-0.1, -0.05) is 24.3 Å². The van der Waals surface area contributed by atoms with Crippen molar-refractivity contribution >= 4 is 11.7 Å². The van der Waals surface area contributed by atoms with E-state index in [0.717, 1.165) is 23.1 Å². The molecule has 2 aromatic carbocycles. The van der Waals surface area contributed by atoms with E-state index in [1.807, 2.05) is 24.3 Å². The molecule has 0 fully saturated rings. The van der Waals surface area contributed by atoms with E-state index in [1.54, 1.807) is 17.9 Å². The minimum Gasteiger partial charge on any atom is -0.394 e. The number of benzene rings is 2. The molecule has 5 heteroatoms. The van der Waals surface area contributed by atoms with Crippen molar-refractivity contribution in [2.45, 2.75) is 19.4 Å². The predicted molar refractivity (Wildman–Crippen MR) is 86.8 cm³/mol. The van der Waals surface area contributed by atoms with Crippen molar-refractivity contribution in [3.05, 3.63) is 65.0 Å². The van der Waals surface area contributed by atoms with Gasteiger partial charge in [-0.25, -0.2) is 9.18 Å². The van der Waals surface area contributed by atoms with Crippen molar-refractivity contribution < 1.29 is 14.3 Å². The van der Waals surface area contributed by atoms with Crippen molar-refractivity contribution in [2.24, 2.45) is 0 Å². The smallest absolute Gasteiger partial charge is 0.322 e. The standard InChI is InChI=1S/C18H19FN2O2/c1-12-8-14(19)10-15(9-12)20-18(23)21-7-6-13-4-2-3-5-16(13)17(21)11-22/h2-5,8-10,17,22H,6-7,11H2,1H3,(H,20,23). The highest BCUT2D eigenvalue weighted by Crippen LogP contribution is 2.29. The molecule has 23 heavy (non-hydrogen) atoms. The van der Waals surface area contributed by atoms with Gasteiger partial charge in [0, 0.05) is 12.2 Å². The number of carbonyl (C=O) groups is 1. The number of urea groups is 1. The summed E-state index contributed by atoms with van der Waals surface area (Å²) in [5, 5.41) is 12.5. The Bertz CT molecular complexity index is 712. The lowest BCUT2D eigenvalue weighted by atomic mass is 9.93. The molecule has 2 aromatic rings. The molecule has 0 aromatic heterocycles. The molecule has 0 bridgehead atoms. The predicted octanol–water partition coefficient (Wildman–Crippen LogP) is 3.26. The van der Waals surface area contributed by atoms with Crippen LogP contribution in [-0.4, -0.2) is 29.2 Å². The van der Waals surface area contributed by atoms with E-state index >= 15 is 0 Å². The van der Waals surface area contributed by atoms with Gasteiger partial charge in [0.2, 0.25) is 0 Å². The zero-order chi connectivity index (χ0) is 16.4. The molecule has 0 saturated carbocycles. The summed E-state index contributed by atoms with van der Waals surface area (Å²) >= 11 is 0. The second-order valence-corrected chi connectivity index (χ2v) is 5.79. The Balaban J connectivity index is 1.82. The van der Waals surface area contributed by atoms with Crippen molar-refractivity contribution in [3.63, 3.8) is 0 Å². The molecule has 4 nitrogen and oxygen atoms in total. The van der Waals surface area contributed by atoms with Crippen LogP contribution in [0, 0.1) is 12.7 Å². The molecule has 0 aliphatic carbocycles. The summed E-state index contributed by atoms with van der Waals surface area (Å²) in [6.45, 7) is 2.14. The van der Waals surface area contributed by atoms with Crippen molar-refractivity contribution in [1.82, 2.24) is 4.90 Å². The number of aliphatic hydroxyl groups excluding tert-OH is 1. The summed E-state index contributed by atoms with van der Waals surface area (Å²) in [4.78, 5) is 14.2. The Kier molecular flexibility index (Phi) is 4.30. The average Bonchev–Trinajstić information content (AvgIpc) is 2.52. The van der Waals surface area contributed by atoms with Gasteiger partial charge >= 0.3 is 6.03 Å². The number of aliphatic hydroxyl groups is 1. The van der Waals surface area contributed by atoms with Gasteiger partial charge in [0.15, 0.2) is 0 Å². The topological polar surface area (TPSA) is 52.6 Å². The normalized spacial score (nSPS) is 16.8. The zero-order valence-electron chi connectivity index (χ0n) is 12.9. The lowest BCUT2D eigenvalue weighted by Crippen LogP contribution is -2.43. The number of nitrogens with one attached hydrogen (secondary N) is 1. The van der Waals surface area contributed by atoms with Gasteiger partial charge in [-0.15, -0.1) is 0 Å². The summed E-state index contributed by atoms with van der Waals surface area (Å²) in [6.07, 6.45) is 0.738. The average molecular weight is 314 g/mol. The van der Waals surface area contributed by atoms with Gasteiger partial charge in [0.05, 0.1) is 12.6 Å². The number of hydrogen-bond acceptors (Lipinski definition) is 2. The SMILES string of the molecule is Cc1cc(F)cc(NC(=O)N2CCc3ccccc3C2CO)c1. The summed E-state index contributed by atoms with van der Waals surface area (Å²) in [7, 11) is 0. The first kappa shape index (κ1) is 15.5. The Hall–Kier alpha value is -2.40. The van der Waals surface area contributed by atoms with Gasteiger partial charge in [-0.3, -0.25) is 0 Å². The Morgan fingerprint density at radius 1 is 1.35 bits per heavy atom. The molecule has 1 heterocycles. The highest BCUT2D eigenvalue weighted by molar-refractivity contribution is 5.90. The summed E-state index contributed by atoms with van der Waals surface area (Å²) in [5.41, 5.74) is 3.27. The molecular formula is C18H19FN2O2. The number of fused-ring (bicyclic) bond motifs is 1. The lowest BCUT2D eigenvalue weighted by molar-refractivity contribution is 0.135. The number of anilines is 1. The van der Waals surface area contributed by atoms with Crippen LogP contribution in [0.5, 0.6) is 0 Å². The van der Waals surface area contributed by atoms with Crippen LogP contribution in [0.25, 0.3) is 0 Å². The summed E-state index contributed by atoms with van der Waals surface area (Å²) < 4.78 is 13.5. The first-order valence-electron chi connectivity index (χ1n) is 7.62. The fourth-order valence-corrected chi connectivity index (χ4v) is 3.10. The summed E-state index contributed by atoms with van der Waals surface area (Å²) in [6, 6.07) is 11.5. The van der Waals surface area contributed by atoms with E-state index in [2.05, 4.69) is 5.32 Å². The van der Waals surface area contributed by atoms with Gasteiger partial charge in [-0.05, 0) is 48.2 Å². The third-order valence-electron chi connectivity index (χ3n) is 4.14. The first-order valence-corrected chi connectivity index (χ1v) is 7.62. The van der Waals surface area contributed by atoms with E-state index in [1.165, 1.54) is 12.1 Å². The third-order valence-corrected chi connectivity index (χ3v) is 4.14. The van der Waals surface area contributed by atoms with Gasteiger partial charge in [0.25, 0.3) is 0 Å². The van der Waals surface area contributed by atoms with E-state index < -0.39 is 0 Å². The molecule has 1 aliphatic rings. The van der Waals surface area contributed by atoms with Crippen molar-refractivity contribution in [3.8, 4) is 0 Å². The number of aryl methyl sites for hydroxylation is 1. The number of amides is 2. The number of nitrogens with zero attached hydrogens (tertiary/aromatic N) is 1. The van der Waals surface area contributed by atoms with Crippen LogP contribution in [0.3, 0.4) is 0 Å². The molecule has 1 unspecified atom stereocenters. The Morgan fingerprint density at radius 3 is 2.87 bits per heavy atom. The Morgan fingerprint density at radius 2 is 2.13 bits per heavy atom.